The first kappa shape index (κ1) is 14.9. The summed E-state index contributed by atoms with van der Waals surface area (Å²) in [7, 11) is 0. The van der Waals surface area contributed by atoms with E-state index in [1.807, 2.05) is 43.3 Å². The third kappa shape index (κ3) is 2.98. The molecule has 1 nitrogen and oxygen atoms in total. The van der Waals surface area contributed by atoms with Crippen LogP contribution < -0.4 is 5.73 Å². The molecule has 2 aromatic rings. The number of halogens is 3. The van der Waals surface area contributed by atoms with Crippen LogP contribution in [0, 0.1) is 6.92 Å². The number of alkyl halides is 2. The molecule has 0 aromatic heterocycles. The zero-order chi connectivity index (χ0) is 12.4. The molecule has 0 spiro atoms. The Labute approximate surface area is 111 Å². The third-order valence-corrected chi connectivity index (χ3v) is 3.01. The maximum Gasteiger partial charge on any atom is 0.240 e. The normalized spacial score (nSPS) is 12.5. The molecule has 0 aliphatic rings. The Kier molecular flexibility index (Phi) is 5.05. The molecule has 0 aliphatic heterocycles. The molecule has 0 aliphatic carbocycles. The van der Waals surface area contributed by atoms with E-state index in [9.17, 15) is 8.78 Å². The Morgan fingerprint density at radius 3 is 2.28 bits per heavy atom. The van der Waals surface area contributed by atoms with Crippen LogP contribution in [0.15, 0.2) is 36.4 Å². The molecule has 98 valence electrons. The van der Waals surface area contributed by atoms with E-state index in [0.717, 1.165) is 21.9 Å². The second kappa shape index (κ2) is 6.12. The Morgan fingerprint density at radius 1 is 1.06 bits per heavy atom. The van der Waals surface area contributed by atoms with Crippen LogP contribution >= 0.6 is 12.4 Å². The topological polar surface area (TPSA) is 26.0 Å². The van der Waals surface area contributed by atoms with Gasteiger partial charge < -0.3 is 5.73 Å². The maximum atomic E-state index is 12.4. The second-order valence-corrected chi connectivity index (χ2v) is 4.25. The van der Waals surface area contributed by atoms with E-state index in [2.05, 4.69) is 0 Å². The number of rotatable bonds is 3. The standard InChI is InChI=1S/C14H15F2N.ClH/c1-9-6-7-12(13(17)8-14(15)16)11-5-3-2-4-10(9)11;/h2-7,13-14H,8,17H2,1H3;1H/t13-;/m1./s1. The van der Waals surface area contributed by atoms with Crippen LogP contribution in [0.5, 0.6) is 0 Å². The number of nitrogens with two attached hydrogens (primary N) is 1. The minimum Gasteiger partial charge on any atom is -0.324 e. The van der Waals surface area contributed by atoms with Gasteiger partial charge >= 0.3 is 0 Å². The van der Waals surface area contributed by atoms with Gasteiger partial charge in [-0.3, -0.25) is 0 Å². The predicted molar refractivity (Wildman–Crippen MR) is 73.5 cm³/mol. The molecule has 18 heavy (non-hydrogen) atoms. The van der Waals surface area contributed by atoms with Crippen molar-refractivity contribution in [2.24, 2.45) is 5.73 Å². The summed E-state index contributed by atoms with van der Waals surface area (Å²) in [4.78, 5) is 0. The van der Waals surface area contributed by atoms with Gasteiger partial charge in [0.05, 0.1) is 0 Å². The Hall–Kier alpha value is -1.19. The summed E-state index contributed by atoms with van der Waals surface area (Å²) in [5.74, 6) is 0. The summed E-state index contributed by atoms with van der Waals surface area (Å²) in [6.07, 6.45) is -2.67. The van der Waals surface area contributed by atoms with E-state index < -0.39 is 12.5 Å². The third-order valence-electron chi connectivity index (χ3n) is 3.01. The summed E-state index contributed by atoms with van der Waals surface area (Å²) in [5, 5.41) is 2.05. The summed E-state index contributed by atoms with van der Waals surface area (Å²) in [5.41, 5.74) is 7.76. The van der Waals surface area contributed by atoms with E-state index in [-0.39, 0.29) is 18.8 Å². The molecule has 0 bridgehead atoms. The van der Waals surface area contributed by atoms with Crippen LogP contribution in [0.25, 0.3) is 10.8 Å². The molecule has 1 atom stereocenters. The molecule has 2 rings (SSSR count). The van der Waals surface area contributed by atoms with Crippen molar-refractivity contribution in [2.75, 3.05) is 0 Å². The van der Waals surface area contributed by atoms with Gasteiger partial charge in [0.15, 0.2) is 0 Å². The van der Waals surface area contributed by atoms with Gasteiger partial charge in [0.1, 0.15) is 0 Å². The van der Waals surface area contributed by atoms with Gasteiger partial charge in [-0.1, -0.05) is 36.4 Å². The van der Waals surface area contributed by atoms with Crippen molar-refractivity contribution in [3.8, 4) is 0 Å². The zero-order valence-electron chi connectivity index (χ0n) is 10.1. The zero-order valence-corrected chi connectivity index (χ0v) is 10.9. The van der Waals surface area contributed by atoms with Gasteiger partial charge in [-0.15, -0.1) is 12.4 Å². The van der Waals surface area contributed by atoms with Crippen LogP contribution in [0.4, 0.5) is 8.78 Å². The van der Waals surface area contributed by atoms with E-state index in [0.29, 0.717) is 0 Å². The number of aryl methyl sites for hydroxylation is 1. The van der Waals surface area contributed by atoms with Crippen molar-refractivity contribution in [2.45, 2.75) is 25.8 Å². The molecule has 0 fully saturated rings. The predicted octanol–water partition coefficient (Wildman–Crippen LogP) is 4.23. The van der Waals surface area contributed by atoms with E-state index >= 15 is 0 Å². The van der Waals surface area contributed by atoms with Crippen molar-refractivity contribution in [3.05, 3.63) is 47.5 Å². The Balaban J connectivity index is 0.00000162. The summed E-state index contributed by atoms with van der Waals surface area (Å²) < 4.78 is 24.7. The number of benzene rings is 2. The smallest absolute Gasteiger partial charge is 0.240 e. The number of fused-ring (bicyclic) bond motifs is 1. The average Bonchev–Trinajstić information content (AvgIpc) is 2.29. The maximum absolute atomic E-state index is 12.4. The van der Waals surface area contributed by atoms with Crippen molar-refractivity contribution < 1.29 is 8.78 Å². The molecular formula is C14H16ClF2N. The van der Waals surface area contributed by atoms with Crippen molar-refractivity contribution in [1.82, 2.24) is 0 Å². The highest BCUT2D eigenvalue weighted by Crippen LogP contribution is 2.28. The SMILES string of the molecule is Cc1ccc([C@H](N)CC(F)F)c2ccccc12.Cl. The molecular weight excluding hydrogens is 256 g/mol. The van der Waals surface area contributed by atoms with Gasteiger partial charge in [-0.25, -0.2) is 8.78 Å². The monoisotopic (exact) mass is 271 g/mol. The number of hydrogen-bond acceptors (Lipinski definition) is 1. The molecule has 0 heterocycles. The van der Waals surface area contributed by atoms with Gasteiger partial charge in [0.2, 0.25) is 6.43 Å². The van der Waals surface area contributed by atoms with Crippen LogP contribution in [-0.2, 0) is 0 Å². The lowest BCUT2D eigenvalue weighted by atomic mass is 9.95. The molecule has 0 unspecified atom stereocenters. The highest BCUT2D eigenvalue weighted by atomic mass is 35.5. The molecule has 2 aromatic carbocycles. The van der Waals surface area contributed by atoms with Crippen LogP contribution in [-0.4, -0.2) is 6.43 Å². The van der Waals surface area contributed by atoms with Gasteiger partial charge in [-0.05, 0) is 28.8 Å². The van der Waals surface area contributed by atoms with E-state index in [4.69, 9.17) is 5.73 Å². The number of hydrogen-bond donors (Lipinski definition) is 1. The van der Waals surface area contributed by atoms with E-state index in [1.165, 1.54) is 0 Å². The molecule has 0 saturated heterocycles. The first-order chi connectivity index (χ1) is 8.09. The van der Waals surface area contributed by atoms with E-state index in [1.54, 1.807) is 0 Å². The van der Waals surface area contributed by atoms with Gasteiger partial charge in [-0.2, -0.15) is 0 Å². The second-order valence-electron chi connectivity index (χ2n) is 4.25. The van der Waals surface area contributed by atoms with Gasteiger partial charge in [0, 0.05) is 12.5 Å². The van der Waals surface area contributed by atoms with Gasteiger partial charge in [0.25, 0.3) is 0 Å². The lowest BCUT2D eigenvalue weighted by Gasteiger charge is -2.15. The van der Waals surface area contributed by atoms with Crippen molar-refractivity contribution >= 4 is 23.2 Å². The lowest BCUT2D eigenvalue weighted by molar-refractivity contribution is 0.128. The van der Waals surface area contributed by atoms with Crippen molar-refractivity contribution in [1.29, 1.82) is 0 Å². The highest BCUT2D eigenvalue weighted by Gasteiger charge is 2.15. The minimum absolute atomic E-state index is 0. The molecule has 4 heteroatoms. The fourth-order valence-electron chi connectivity index (χ4n) is 2.12. The fourth-order valence-corrected chi connectivity index (χ4v) is 2.12. The van der Waals surface area contributed by atoms with Crippen LogP contribution in [0.1, 0.15) is 23.6 Å². The average molecular weight is 272 g/mol. The first-order valence-electron chi connectivity index (χ1n) is 5.61. The summed E-state index contributed by atoms with van der Waals surface area (Å²) in [6, 6.07) is 10.9. The summed E-state index contributed by atoms with van der Waals surface area (Å²) >= 11 is 0. The lowest BCUT2D eigenvalue weighted by Crippen LogP contribution is -2.14. The Morgan fingerprint density at radius 2 is 1.67 bits per heavy atom. The molecule has 0 radical (unpaired) electrons. The van der Waals surface area contributed by atoms with Crippen LogP contribution in [0.3, 0.4) is 0 Å². The minimum atomic E-state index is -2.37. The quantitative estimate of drug-likeness (QED) is 0.888. The first-order valence-corrected chi connectivity index (χ1v) is 5.61. The fraction of sp³-hybridized carbons (Fsp3) is 0.286. The Bertz CT molecular complexity index is 528. The largest absolute Gasteiger partial charge is 0.324 e. The highest BCUT2D eigenvalue weighted by molar-refractivity contribution is 5.88. The van der Waals surface area contributed by atoms with Crippen LogP contribution in [0.2, 0.25) is 0 Å². The molecule has 2 N–H and O–H groups in total. The summed E-state index contributed by atoms with van der Waals surface area (Å²) in [6.45, 7) is 2.00. The molecule has 0 amide bonds. The van der Waals surface area contributed by atoms with Crippen molar-refractivity contribution in [3.63, 3.8) is 0 Å². The molecule has 0 saturated carbocycles.